The topological polar surface area (TPSA) is 64.4 Å². The maximum Gasteiger partial charge on any atom is 0.310 e. The second kappa shape index (κ2) is 5.64. The summed E-state index contributed by atoms with van der Waals surface area (Å²) in [5, 5.41) is 4.29. The Morgan fingerprint density at radius 3 is 2.75 bits per heavy atom. The molecule has 1 aromatic heterocycles. The lowest BCUT2D eigenvalue weighted by Crippen LogP contribution is -2.31. The number of carbonyl (C=O) groups excluding carboxylic acids is 2. The molecule has 0 N–H and O–H groups in total. The average Bonchev–Trinajstić information content (AvgIpc) is 3.00. The normalized spacial score (nSPS) is 22.1. The van der Waals surface area contributed by atoms with E-state index < -0.39 is 0 Å². The zero-order chi connectivity index (χ0) is 14.9. The number of hydrogen-bond acceptors (Lipinski definition) is 4. The highest BCUT2D eigenvalue weighted by molar-refractivity contribution is 5.93. The van der Waals surface area contributed by atoms with Gasteiger partial charge in [-0.25, -0.2) is 0 Å². The van der Waals surface area contributed by atoms with E-state index >= 15 is 0 Å². The first-order valence-electron chi connectivity index (χ1n) is 6.89. The molecule has 110 valence electrons. The lowest BCUT2D eigenvalue weighted by atomic mass is 9.99. The van der Waals surface area contributed by atoms with Crippen LogP contribution in [-0.4, -0.2) is 46.8 Å². The molecule has 0 aromatic carbocycles. The molecule has 6 nitrogen and oxygen atoms in total. The number of esters is 1. The van der Waals surface area contributed by atoms with Gasteiger partial charge in [0.25, 0.3) is 5.91 Å². The van der Waals surface area contributed by atoms with E-state index in [0.717, 1.165) is 5.69 Å². The molecule has 1 aliphatic rings. The summed E-state index contributed by atoms with van der Waals surface area (Å²) in [7, 11) is 1.38. The van der Waals surface area contributed by atoms with Gasteiger partial charge in [-0.15, -0.1) is 0 Å². The van der Waals surface area contributed by atoms with Gasteiger partial charge < -0.3 is 9.64 Å². The van der Waals surface area contributed by atoms with E-state index in [2.05, 4.69) is 5.10 Å². The van der Waals surface area contributed by atoms with Crippen LogP contribution in [-0.2, 0) is 16.1 Å². The van der Waals surface area contributed by atoms with E-state index in [-0.39, 0.29) is 23.7 Å². The molecule has 0 aliphatic carbocycles. The maximum absolute atomic E-state index is 12.6. The largest absolute Gasteiger partial charge is 0.469 e. The third-order valence-corrected chi connectivity index (χ3v) is 3.82. The molecule has 1 amide bonds. The SMILES string of the molecule is CCn1nc(C)cc1C(=O)N1CC(C)C(C(=O)OC)C1. The average molecular weight is 279 g/mol. The van der Waals surface area contributed by atoms with E-state index in [4.69, 9.17) is 4.74 Å². The minimum Gasteiger partial charge on any atom is -0.469 e. The van der Waals surface area contributed by atoms with Gasteiger partial charge in [-0.05, 0) is 25.8 Å². The standard InChI is InChI=1S/C14H21N3O3/c1-5-17-12(6-10(3)15-17)13(18)16-7-9(2)11(8-16)14(19)20-4/h6,9,11H,5,7-8H2,1-4H3. The summed E-state index contributed by atoms with van der Waals surface area (Å²) in [6.07, 6.45) is 0. The van der Waals surface area contributed by atoms with Crippen molar-refractivity contribution in [3.8, 4) is 0 Å². The third kappa shape index (κ3) is 2.55. The van der Waals surface area contributed by atoms with E-state index in [1.54, 1.807) is 15.6 Å². The first-order chi connectivity index (χ1) is 9.47. The Kier molecular flexibility index (Phi) is 4.11. The minimum absolute atomic E-state index is 0.0642. The molecule has 6 heteroatoms. The molecule has 0 saturated carbocycles. The molecule has 0 bridgehead atoms. The lowest BCUT2D eigenvalue weighted by molar-refractivity contribution is -0.146. The van der Waals surface area contributed by atoms with Crippen molar-refractivity contribution in [1.29, 1.82) is 0 Å². The van der Waals surface area contributed by atoms with Crippen molar-refractivity contribution in [2.45, 2.75) is 27.3 Å². The van der Waals surface area contributed by atoms with Crippen molar-refractivity contribution >= 4 is 11.9 Å². The van der Waals surface area contributed by atoms with E-state index in [1.807, 2.05) is 20.8 Å². The van der Waals surface area contributed by atoms with Gasteiger partial charge >= 0.3 is 5.97 Å². The van der Waals surface area contributed by atoms with Crippen LogP contribution in [0.15, 0.2) is 6.07 Å². The second-order valence-electron chi connectivity index (χ2n) is 5.30. The fourth-order valence-corrected chi connectivity index (χ4v) is 2.71. The maximum atomic E-state index is 12.6. The Balaban J connectivity index is 2.16. The van der Waals surface area contributed by atoms with Crippen molar-refractivity contribution in [2.24, 2.45) is 11.8 Å². The zero-order valence-corrected chi connectivity index (χ0v) is 12.4. The molecule has 2 atom stereocenters. The van der Waals surface area contributed by atoms with Crippen molar-refractivity contribution in [3.63, 3.8) is 0 Å². The number of hydrogen-bond donors (Lipinski definition) is 0. The second-order valence-corrected chi connectivity index (χ2v) is 5.30. The van der Waals surface area contributed by atoms with Gasteiger partial charge in [-0.2, -0.15) is 5.10 Å². The first kappa shape index (κ1) is 14.6. The highest BCUT2D eigenvalue weighted by atomic mass is 16.5. The smallest absolute Gasteiger partial charge is 0.310 e. The Morgan fingerprint density at radius 2 is 2.15 bits per heavy atom. The van der Waals surface area contributed by atoms with E-state index in [9.17, 15) is 9.59 Å². The van der Waals surface area contributed by atoms with Crippen molar-refractivity contribution in [1.82, 2.24) is 14.7 Å². The number of amides is 1. The van der Waals surface area contributed by atoms with E-state index in [0.29, 0.717) is 25.3 Å². The number of methoxy groups -OCH3 is 1. The van der Waals surface area contributed by atoms with Crippen LogP contribution in [0.1, 0.15) is 30.0 Å². The number of rotatable bonds is 3. The number of likely N-dealkylation sites (tertiary alicyclic amines) is 1. The van der Waals surface area contributed by atoms with Crippen LogP contribution in [0.2, 0.25) is 0 Å². The van der Waals surface area contributed by atoms with E-state index in [1.165, 1.54) is 7.11 Å². The van der Waals surface area contributed by atoms with Crippen LogP contribution in [0.25, 0.3) is 0 Å². The van der Waals surface area contributed by atoms with Crippen LogP contribution >= 0.6 is 0 Å². The van der Waals surface area contributed by atoms with Crippen LogP contribution in [0, 0.1) is 18.8 Å². The number of aromatic nitrogens is 2. The van der Waals surface area contributed by atoms with Gasteiger partial charge in [0.2, 0.25) is 0 Å². The van der Waals surface area contributed by atoms with Crippen LogP contribution in [0.3, 0.4) is 0 Å². The number of carbonyl (C=O) groups is 2. The summed E-state index contributed by atoms with van der Waals surface area (Å²) in [5.74, 6) is -0.424. The van der Waals surface area contributed by atoms with Gasteiger partial charge in [0, 0.05) is 19.6 Å². The summed E-state index contributed by atoms with van der Waals surface area (Å²) in [5.41, 5.74) is 1.41. The number of ether oxygens (including phenoxy) is 1. The lowest BCUT2D eigenvalue weighted by Gasteiger charge is -2.16. The predicted octanol–water partition coefficient (Wildman–Crippen LogP) is 1.09. The monoisotopic (exact) mass is 279 g/mol. The van der Waals surface area contributed by atoms with Gasteiger partial charge in [0.05, 0.1) is 18.7 Å². The molecule has 2 unspecified atom stereocenters. The van der Waals surface area contributed by atoms with Crippen molar-refractivity contribution < 1.29 is 14.3 Å². The molecule has 1 saturated heterocycles. The highest BCUT2D eigenvalue weighted by Gasteiger charge is 2.38. The highest BCUT2D eigenvalue weighted by Crippen LogP contribution is 2.25. The summed E-state index contributed by atoms with van der Waals surface area (Å²) in [6.45, 7) is 7.43. The fourth-order valence-electron chi connectivity index (χ4n) is 2.71. The molecule has 0 radical (unpaired) electrons. The summed E-state index contributed by atoms with van der Waals surface area (Å²) >= 11 is 0. The first-order valence-corrected chi connectivity index (χ1v) is 6.89. The molecule has 2 heterocycles. The molecule has 1 aliphatic heterocycles. The number of aryl methyl sites for hydroxylation is 2. The quantitative estimate of drug-likeness (QED) is 0.777. The fraction of sp³-hybridized carbons (Fsp3) is 0.643. The molecule has 20 heavy (non-hydrogen) atoms. The minimum atomic E-state index is -0.243. The predicted molar refractivity (Wildman–Crippen MR) is 73.2 cm³/mol. The molecule has 2 rings (SSSR count). The van der Waals surface area contributed by atoms with Gasteiger partial charge in [0.15, 0.2) is 0 Å². The molecular formula is C14H21N3O3. The molecule has 1 fully saturated rings. The summed E-state index contributed by atoms with van der Waals surface area (Å²) in [4.78, 5) is 26.0. The van der Waals surface area contributed by atoms with Gasteiger partial charge in [-0.3, -0.25) is 14.3 Å². The summed E-state index contributed by atoms with van der Waals surface area (Å²) < 4.78 is 6.50. The molecular weight excluding hydrogens is 258 g/mol. The van der Waals surface area contributed by atoms with Crippen LogP contribution in [0.4, 0.5) is 0 Å². The van der Waals surface area contributed by atoms with Crippen molar-refractivity contribution in [3.05, 3.63) is 17.5 Å². The molecule has 0 spiro atoms. The van der Waals surface area contributed by atoms with Crippen molar-refractivity contribution in [2.75, 3.05) is 20.2 Å². The zero-order valence-electron chi connectivity index (χ0n) is 12.4. The van der Waals surface area contributed by atoms with Gasteiger partial charge in [-0.1, -0.05) is 6.92 Å². The molecule has 1 aromatic rings. The Hall–Kier alpha value is -1.85. The van der Waals surface area contributed by atoms with Crippen LogP contribution < -0.4 is 0 Å². The number of nitrogens with zero attached hydrogens (tertiary/aromatic N) is 3. The van der Waals surface area contributed by atoms with Gasteiger partial charge in [0.1, 0.15) is 5.69 Å². The third-order valence-electron chi connectivity index (χ3n) is 3.82. The Morgan fingerprint density at radius 1 is 1.45 bits per heavy atom. The van der Waals surface area contributed by atoms with Crippen LogP contribution in [0.5, 0.6) is 0 Å². The Labute approximate surface area is 118 Å². The summed E-state index contributed by atoms with van der Waals surface area (Å²) in [6, 6.07) is 1.79. The Bertz CT molecular complexity index is 524.